The van der Waals surface area contributed by atoms with Gasteiger partial charge in [-0.05, 0) is 18.4 Å². The number of hydrogen-bond donors (Lipinski definition) is 1. The summed E-state index contributed by atoms with van der Waals surface area (Å²) < 4.78 is 0. The fourth-order valence-electron chi connectivity index (χ4n) is 1.69. The van der Waals surface area contributed by atoms with Crippen LogP contribution in [-0.2, 0) is 6.42 Å². The third-order valence-corrected chi connectivity index (χ3v) is 2.67. The Hall–Kier alpha value is -1.08. The first-order valence-electron chi connectivity index (χ1n) is 5.46. The molecule has 1 nitrogen and oxygen atoms in total. The van der Waals surface area contributed by atoms with Crippen LogP contribution in [0.5, 0.6) is 0 Å². The molecule has 0 spiro atoms. The molecule has 1 heteroatoms. The molecular formula is C14H20N. The number of unbranched alkanes of at least 4 members (excludes halogenated alkanes) is 1. The Labute approximate surface area is 93.0 Å². The standard InChI is InChI=1S/C14H20N/c1-3-5-11-14(15,4-2)12-13-9-7-6-8-10-13/h4,6-10H,1-3,5,11-12,15H2. The van der Waals surface area contributed by atoms with E-state index in [1.54, 1.807) is 0 Å². The Morgan fingerprint density at radius 1 is 1.27 bits per heavy atom. The minimum absolute atomic E-state index is 0.279. The lowest BCUT2D eigenvalue weighted by Crippen LogP contribution is -2.39. The molecule has 0 heterocycles. The molecule has 15 heavy (non-hydrogen) atoms. The van der Waals surface area contributed by atoms with E-state index in [1.807, 2.05) is 24.3 Å². The summed E-state index contributed by atoms with van der Waals surface area (Å²) in [5, 5.41) is 0. The van der Waals surface area contributed by atoms with E-state index in [0.29, 0.717) is 0 Å². The average molecular weight is 202 g/mol. The highest BCUT2D eigenvalue weighted by Gasteiger charge is 2.20. The van der Waals surface area contributed by atoms with E-state index < -0.39 is 0 Å². The molecule has 0 aliphatic rings. The summed E-state index contributed by atoms with van der Waals surface area (Å²) in [6, 6.07) is 10.3. The monoisotopic (exact) mass is 202 g/mol. The molecule has 2 N–H and O–H groups in total. The van der Waals surface area contributed by atoms with Gasteiger partial charge in [0.1, 0.15) is 0 Å². The van der Waals surface area contributed by atoms with Crippen LogP contribution >= 0.6 is 0 Å². The normalized spacial score (nSPS) is 14.5. The van der Waals surface area contributed by atoms with Gasteiger partial charge >= 0.3 is 0 Å². The van der Waals surface area contributed by atoms with Crippen molar-refractivity contribution in [2.24, 2.45) is 5.73 Å². The van der Waals surface area contributed by atoms with Gasteiger partial charge < -0.3 is 5.73 Å². The Balaban J connectivity index is 2.63. The minimum atomic E-state index is -0.279. The molecule has 0 aromatic heterocycles. The molecule has 0 amide bonds. The zero-order valence-corrected chi connectivity index (χ0v) is 9.28. The number of hydrogen-bond acceptors (Lipinski definition) is 1. The van der Waals surface area contributed by atoms with Crippen LogP contribution in [0.4, 0.5) is 0 Å². The largest absolute Gasteiger partial charge is 0.322 e. The van der Waals surface area contributed by atoms with E-state index in [0.717, 1.165) is 25.7 Å². The first-order valence-corrected chi connectivity index (χ1v) is 5.46. The van der Waals surface area contributed by atoms with Crippen molar-refractivity contribution in [3.05, 3.63) is 55.5 Å². The van der Waals surface area contributed by atoms with E-state index in [-0.39, 0.29) is 5.54 Å². The van der Waals surface area contributed by atoms with E-state index in [1.165, 1.54) is 5.56 Å². The molecule has 1 atom stereocenters. The highest BCUT2D eigenvalue weighted by Crippen LogP contribution is 2.18. The van der Waals surface area contributed by atoms with Crippen molar-refractivity contribution in [2.45, 2.75) is 31.2 Å². The molecule has 0 aliphatic heterocycles. The molecule has 1 unspecified atom stereocenters. The van der Waals surface area contributed by atoms with Crippen molar-refractivity contribution < 1.29 is 0 Å². The molecule has 1 radical (unpaired) electrons. The van der Waals surface area contributed by atoms with E-state index in [4.69, 9.17) is 5.73 Å². The van der Waals surface area contributed by atoms with E-state index >= 15 is 0 Å². The van der Waals surface area contributed by atoms with Crippen molar-refractivity contribution in [3.63, 3.8) is 0 Å². The highest BCUT2D eigenvalue weighted by atomic mass is 14.7. The number of rotatable bonds is 6. The first-order chi connectivity index (χ1) is 7.20. The Morgan fingerprint density at radius 3 is 2.47 bits per heavy atom. The lowest BCUT2D eigenvalue weighted by molar-refractivity contribution is 0.468. The van der Waals surface area contributed by atoms with Crippen LogP contribution in [-0.4, -0.2) is 5.54 Å². The number of nitrogens with two attached hydrogens (primary N) is 1. The zero-order chi connectivity index (χ0) is 11.1. The predicted octanol–water partition coefficient (Wildman–Crippen LogP) is 3.12. The average Bonchev–Trinajstić information content (AvgIpc) is 2.28. The van der Waals surface area contributed by atoms with Crippen molar-refractivity contribution in [1.29, 1.82) is 0 Å². The highest BCUT2D eigenvalue weighted by molar-refractivity contribution is 5.20. The van der Waals surface area contributed by atoms with Crippen LogP contribution in [0, 0.1) is 6.92 Å². The van der Waals surface area contributed by atoms with Crippen molar-refractivity contribution in [2.75, 3.05) is 0 Å². The topological polar surface area (TPSA) is 26.0 Å². The maximum absolute atomic E-state index is 6.27. The molecule has 0 aliphatic carbocycles. The summed E-state index contributed by atoms with van der Waals surface area (Å²) in [6.07, 6.45) is 5.67. The van der Waals surface area contributed by atoms with Gasteiger partial charge in [0.15, 0.2) is 0 Å². The van der Waals surface area contributed by atoms with Gasteiger partial charge in [-0.25, -0.2) is 0 Å². The third kappa shape index (κ3) is 3.88. The Kier molecular flexibility index (Phi) is 4.57. The van der Waals surface area contributed by atoms with Gasteiger partial charge in [0.05, 0.1) is 0 Å². The minimum Gasteiger partial charge on any atom is -0.322 e. The summed E-state index contributed by atoms with van der Waals surface area (Å²) in [7, 11) is 0. The van der Waals surface area contributed by atoms with Gasteiger partial charge in [-0.15, -0.1) is 6.58 Å². The third-order valence-electron chi connectivity index (χ3n) is 2.67. The van der Waals surface area contributed by atoms with Crippen molar-refractivity contribution >= 4 is 0 Å². The summed E-state index contributed by atoms with van der Waals surface area (Å²) >= 11 is 0. The predicted molar refractivity (Wildman–Crippen MR) is 66.5 cm³/mol. The molecule has 81 valence electrons. The molecule has 0 saturated heterocycles. The summed E-state index contributed by atoms with van der Waals surface area (Å²) in [5.74, 6) is 0. The van der Waals surface area contributed by atoms with Crippen LogP contribution in [0.2, 0.25) is 0 Å². The fraction of sp³-hybridized carbons (Fsp3) is 0.357. The molecule has 0 bridgehead atoms. The van der Waals surface area contributed by atoms with Gasteiger partial charge in [-0.2, -0.15) is 0 Å². The quantitative estimate of drug-likeness (QED) is 0.705. The van der Waals surface area contributed by atoms with Crippen molar-refractivity contribution in [3.8, 4) is 0 Å². The van der Waals surface area contributed by atoms with Crippen LogP contribution in [0.3, 0.4) is 0 Å². The molecule has 1 aromatic rings. The van der Waals surface area contributed by atoms with E-state index in [2.05, 4.69) is 25.6 Å². The maximum Gasteiger partial charge on any atom is 0.0377 e. The second-order valence-electron chi connectivity index (χ2n) is 4.06. The second-order valence-corrected chi connectivity index (χ2v) is 4.06. The molecule has 1 aromatic carbocycles. The second kappa shape index (κ2) is 5.72. The van der Waals surface area contributed by atoms with Crippen molar-refractivity contribution in [1.82, 2.24) is 0 Å². The van der Waals surface area contributed by atoms with Gasteiger partial charge in [0, 0.05) is 5.54 Å². The Morgan fingerprint density at radius 2 is 1.93 bits per heavy atom. The van der Waals surface area contributed by atoms with Crippen LogP contribution in [0.25, 0.3) is 0 Å². The smallest absolute Gasteiger partial charge is 0.0377 e. The van der Waals surface area contributed by atoms with Crippen LogP contribution in [0.1, 0.15) is 24.8 Å². The van der Waals surface area contributed by atoms with E-state index in [9.17, 15) is 0 Å². The molecule has 1 rings (SSSR count). The zero-order valence-electron chi connectivity index (χ0n) is 9.28. The number of benzene rings is 1. The lowest BCUT2D eigenvalue weighted by atomic mass is 9.87. The van der Waals surface area contributed by atoms with Gasteiger partial charge in [-0.3, -0.25) is 0 Å². The summed E-state index contributed by atoms with van der Waals surface area (Å²) in [4.78, 5) is 0. The van der Waals surface area contributed by atoms with Crippen LogP contribution < -0.4 is 5.73 Å². The van der Waals surface area contributed by atoms with Crippen LogP contribution in [0.15, 0.2) is 43.0 Å². The molecular weight excluding hydrogens is 182 g/mol. The summed E-state index contributed by atoms with van der Waals surface area (Å²) in [6.45, 7) is 7.68. The first kappa shape index (κ1) is 12.0. The fourth-order valence-corrected chi connectivity index (χ4v) is 1.69. The molecule has 0 fully saturated rings. The maximum atomic E-state index is 6.27. The lowest BCUT2D eigenvalue weighted by Gasteiger charge is -2.25. The van der Waals surface area contributed by atoms with Gasteiger partial charge in [-0.1, -0.05) is 56.2 Å². The van der Waals surface area contributed by atoms with Gasteiger partial charge in [0.2, 0.25) is 0 Å². The molecule has 0 saturated carbocycles. The van der Waals surface area contributed by atoms with Gasteiger partial charge in [0.25, 0.3) is 0 Å². The Bertz CT molecular complexity index is 291. The summed E-state index contributed by atoms with van der Waals surface area (Å²) in [5.41, 5.74) is 7.26. The SMILES string of the molecule is [CH2]CCCC(N)(C=C)Cc1ccccc1.